The van der Waals surface area contributed by atoms with Crippen molar-refractivity contribution in [2.75, 3.05) is 6.54 Å². The molecule has 1 rings (SSSR count). The molecule has 0 aliphatic heterocycles. The van der Waals surface area contributed by atoms with Gasteiger partial charge in [0.1, 0.15) is 6.04 Å². The minimum absolute atomic E-state index is 0.167. The van der Waals surface area contributed by atoms with E-state index in [0.717, 1.165) is 5.69 Å². The molecular weight excluding hydrogens is 224 g/mol. The van der Waals surface area contributed by atoms with Crippen LogP contribution in [-0.2, 0) is 23.2 Å². The molecule has 3 N–H and O–H groups in total. The molecule has 0 radical (unpaired) electrons. The minimum Gasteiger partial charge on any atom is -0.480 e. The summed E-state index contributed by atoms with van der Waals surface area (Å²) in [6, 6.07) is 0.919. The molecule has 0 aromatic carbocycles. The summed E-state index contributed by atoms with van der Waals surface area (Å²) in [5.41, 5.74) is 0.942. The van der Waals surface area contributed by atoms with E-state index < -0.39 is 12.0 Å². The molecule has 1 atom stereocenters. The van der Waals surface area contributed by atoms with Crippen LogP contribution in [0, 0.1) is 0 Å². The van der Waals surface area contributed by atoms with Gasteiger partial charge in [-0.25, -0.2) is 4.79 Å². The Kier molecular flexibility index (Phi) is 4.65. The monoisotopic (exact) mass is 240 g/mol. The summed E-state index contributed by atoms with van der Waals surface area (Å²) in [6.07, 6.45) is 1.67. The van der Waals surface area contributed by atoms with Crippen LogP contribution in [0.15, 0.2) is 12.3 Å². The largest absolute Gasteiger partial charge is 0.480 e. The molecule has 94 valence electrons. The van der Waals surface area contributed by atoms with Crippen molar-refractivity contribution in [1.82, 2.24) is 20.4 Å². The normalized spacial score (nSPS) is 12.1. The summed E-state index contributed by atoms with van der Waals surface area (Å²) in [7, 11) is 1.81. The molecule has 0 saturated carbocycles. The molecule has 1 unspecified atom stereocenters. The van der Waals surface area contributed by atoms with E-state index in [1.54, 1.807) is 17.9 Å². The van der Waals surface area contributed by atoms with E-state index in [4.69, 9.17) is 5.11 Å². The van der Waals surface area contributed by atoms with Gasteiger partial charge in [-0.3, -0.25) is 9.48 Å². The van der Waals surface area contributed by atoms with Crippen LogP contribution in [0.3, 0.4) is 0 Å². The Morgan fingerprint density at radius 2 is 2.29 bits per heavy atom. The van der Waals surface area contributed by atoms with E-state index in [1.165, 1.54) is 6.92 Å². The van der Waals surface area contributed by atoms with Gasteiger partial charge in [-0.1, -0.05) is 0 Å². The second-order valence-electron chi connectivity index (χ2n) is 3.67. The number of hydrogen-bond acceptors (Lipinski definition) is 4. The zero-order chi connectivity index (χ0) is 12.8. The predicted molar refractivity (Wildman–Crippen MR) is 60.2 cm³/mol. The SMILES string of the molecule is CC(=O)NC(CNCc1ccnn1C)C(=O)O. The summed E-state index contributed by atoms with van der Waals surface area (Å²) in [5, 5.41) is 18.2. The fourth-order valence-corrected chi connectivity index (χ4v) is 1.36. The van der Waals surface area contributed by atoms with E-state index in [1.807, 2.05) is 6.07 Å². The molecule has 7 nitrogen and oxygen atoms in total. The number of carboxylic acids is 1. The zero-order valence-corrected chi connectivity index (χ0v) is 9.80. The number of hydrogen-bond donors (Lipinski definition) is 3. The summed E-state index contributed by atoms with van der Waals surface area (Å²) in [5.74, 6) is -1.42. The number of amides is 1. The van der Waals surface area contributed by atoms with Gasteiger partial charge < -0.3 is 15.7 Å². The number of aryl methyl sites for hydroxylation is 1. The van der Waals surface area contributed by atoms with Gasteiger partial charge in [0, 0.05) is 33.3 Å². The Morgan fingerprint density at radius 1 is 1.59 bits per heavy atom. The second kappa shape index (κ2) is 6.00. The molecule has 7 heteroatoms. The van der Waals surface area contributed by atoms with Crippen molar-refractivity contribution in [2.24, 2.45) is 7.05 Å². The lowest BCUT2D eigenvalue weighted by molar-refractivity contribution is -0.141. The summed E-state index contributed by atoms with van der Waals surface area (Å²) < 4.78 is 1.70. The highest BCUT2D eigenvalue weighted by atomic mass is 16.4. The Hall–Kier alpha value is -1.89. The first-order chi connectivity index (χ1) is 8.00. The Balaban J connectivity index is 2.40. The zero-order valence-electron chi connectivity index (χ0n) is 9.80. The minimum atomic E-state index is -1.06. The molecule has 1 heterocycles. The lowest BCUT2D eigenvalue weighted by atomic mass is 10.3. The van der Waals surface area contributed by atoms with E-state index in [-0.39, 0.29) is 12.5 Å². The van der Waals surface area contributed by atoms with Gasteiger partial charge in [0.2, 0.25) is 5.91 Å². The number of rotatable bonds is 6. The summed E-state index contributed by atoms with van der Waals surface area (Å²) in [6.45, 7) is 1.96. The van der Waals surface area contributed by atoms with Crippen molar-refractivity contribution in [2.45, 2.75) is 19.5 Å². The second-order valence-corrected chi connectivity index (χ2v) is 3.67. The first kappa shape index (κ1) is 13.2. The van der Waals surface area contributed by atoms with Gasteiger partial charge in [0.05, 0.1) is 5.69 Å². The smallest absolute Gasteiger partial charge is 0.327 e. The van der Waals surface area contributed by atoms with Crippen molar-refractivity contribution >= 4 is 11.9 Å². The third kappa shape index (κ3) is 4.23. The van der Waals surface area contributed by atoms with Crippen LogP contribution in [0.4, 0.5) is 0 Å². The maximum atomic E-state index is 10.8. The molecule has 0 bridgehead atoms. The molecule has 0 aliphatic rings. The van der Waals surface area contributed by atoms with Gasteiger partial charge in [-0.15, -0.1) is 0 Å². The van der Waals surface area contributed by atoms with Gasteiger partial charge in [0.15, 0.2) is 0 Å². The van der Waals surface area contributed by atoms with E-state index in [9.17, 15) is 9.59 Å². The maximum Gasteiger partial charge on any atom is 0.327 e. The first-order valence-electron chi connectivity index (χ1n) is 5.18. The predicted octanol–water partition coefficient (Wildman–Crippen LogP) is -0.901. The Labute approximate surface area is 98.8 Å². The van der Waals surface area contributed by atoms with Crippen molar-refractivity contribution < 1.29 is 14.7 Å². The number of carbonyl (C=O) groups excluding carboxylic acids is 1. The lowest BCUT2D eigenvalue weighted by Crippen LogP contribution is -2.46. The highest BCUT2D eigenvalue weighted by Gasteiger charge is 2.17. The Bertz CT molecular complexity index is 402. The van der Waals surface area contributed by atoms with E-state index >= 15 is 0 Å². The standard InChI is InChI=1S/C10H16N4O3/c1-7(15)13-9(10(16)17)6-11-5-8-3-4-12-14(8)2/h3-4,9,11H,5-6H2,1-2H3,(H,13,15)(H,16,17). The topological polar surface area (TPSA) is 96.3 Å². The molecular formula is C10H16N4O3. The third-order valence-corrected chi connectivity index (χ3v) is 2.25. The molecule has 17 heavy (non-hydrogen) atoms. The van der Waals surface area contributed by atoms with E-state index in [2.05, 4.69) is 15.7 Å². The Morgan fingerprint density at radius 3 is 2.76 bits per heavy atom. The summed E-state index contributed by atoms with van der Waals surface area (Å²) in [4.78, 5) is 21.6. The molecule has 0 saturated heterocycles. The van der Waals surface area contributed by atoms with Crippen LogP contribution in [0.25, 0.3) is 0 Å². The van der Waals surface area contributed by atoms with Crippen molar-refractivity contribution in [3.05, 3.63) is 18.0 Å². The molecule has 1 amide bonds. The average molecular weight is 240 g/mol. The molecule has 0 spiro atoms. The fraction of sp³-hybridized carbons (Fsp3) is 0.500. The number of aromatic nitrogens is 2. The molecule has 0 aliphatic carbocycles. The van der Waals surface area contributed by atoms with Crippen LogP contribution in [0.5, 0.6) is 0 Å². The third-order valence-electron chi connectivity index (χ3n) is 2.25. The summed E-state index contributed by atoms with van der Waals surface area (Å²) >= 11 is 0. The number of carbonyl (C=O) groups is 2. The number of nitrogens with one attached hydrogen (secondary N) is 2. The average Bonchev–Trinajstić information content (AvgIpc) is 2.62. The molecule has 0 fully saturated rings. The van der Waals surface area contributed by atoms with Crippen molar-refractivity contribution in [3.8, 4) is 0 Å². The molecule has 1 aromatic rings. The van der Waals surface area contributed by atoms with Crippen LogP contribution in [-0.4, -0.2) is 39.4 Å². The van der Waals surface area contributed by atoms with Crippen molar-refractivity contribution in [1.29, 1.82) is 0 Å². The van der Waals surface area contributed by atoms with Crippen LogP contribution >= 0.6 is 0 Å². The van der Waals surface area contributed by atoms with E-state index in [0.29, 0.717) is 6.54 Å². The van der Waals surface area contributed by atoms with Crippen LogP contribution in [0.1, 0.15) is 12.6 Å². The number of carboxylic acid groups (broad SMARTS) is 1. The molecule has 1 aromatic heterocycles. The van der Waals surface area contributed by atoms with Gasteiger partial charge in [-0.05, 0) is 6.07 Å². The van der Waals surface area contributed by atoms with Gasteiger partial charge >= 0.3 is 5.97 Å². The highest BCUT2D eigenvalue weighted by Crippen LogP contribution is 1.95. The highest BCUT2D eigenvalue weighted by molar-refractivity contribution is 5.82. The van der Waals surface area contributed by atoms with Crippen molar-refractivity contribution in [3.63, 3.8) is 0 Å². The number of nitrogens with zero attached hydrogens (tertiary/aromatic N) is 2. The maximum absolute atomic E-state index is 10.8. The lowest BCUT2D eigenvalue weighted by Gasteiger charge is -2.14. The quantitative estimate of drug-likeness (QED) is 0.598. The van der Waals surface area contributed by atoms with Crippen LogP contribution in [0.2, 0.25) is 0 Å². The van der Waals surface area contributed by atoms with Crippen LogP contribution < -0.4 is 10.6 Å². The first-order valence-corrected chi connectivity index (χ1v) is 5.18. The number of aliphatic carboxylic acids is 1. The fourth-order valence-electron chi connectivity index (χ4n) is 1.36. The van der Waals surface area contributed by atoms with Gasteiger partial charge in [0.25, 0.3) is 0 Å². The van der Waals surface area contributed by atoms with Gasteiger partial charge in [-0.2, -0.15) is 5.10 Å².